The molecular formula is C32H30N6O2+2. The molecule has 0 unspecified atom stereocenters. The maximum absolute atomic E-state index is 12.8. The normalized spacial score (nSPS) is 10.4. The maximum Gasteiger partial charge on any atom is 0.279 e. The number of carbonyl (C=O) groups is 2. The minimum Gasteiger partial charge on any atom is -0.322 e. The topological polar surface area (TPSA) is 90.0 Å². The first-order chi connectivity index (χ1) is 19.4. The Balaban J connectivity index is 1.15. The summed E-state index contributed by atoms with van der Waals surface area (Å²) in [6.07, 6.45) is 3.93. The zero-order chi connectivity index (χ0) is 27.9. The molecule has 5 aromatic rings. The molecule has 0 saturated carbocycles. The first-order valence-electron chi connectivity index (χ1n) is 12.8. The fourth-order valence-corrected chi connectivity index (χ4v) is 4.06. The molecule has 0 aliphatic carbocycles. The van der Waals surface area contributed by atoms with Gasteiger partial charge in [-0.15, -0.1) is 0 Å². The third-order valence-corrected chi connectivity index (χ3v) is 6.35. The number of aromatic nitrogens is 2. The number of rotatable bonds is 8. The Bertz CT molecular complexity index is 1510. The summed E-state index contributed by atoms with van der Waals surface area (Å²) >= 11 is 0. The highest BCUT2D eigenvalue weighted by molar-refractivity contribution is 6.07. The van der Waals surface area contributed by atoms with E-state index in [2.05, 4.69) is 21.3 Å². The van der Waals surface area contributed by atoms with Gasteiger partial charge < -0.3 is 10.6 Å². The van der Waals surface area contributed by atoms with Crippen molar-refractivity contribution < 1.29 is 18.7 Å². The van der Waals surface area contributed by atoms with E-state index >= 15 is 0 Å². The fourth-order valence-electron chi connectivity index (χ4n) is 4.06. The summed E-state index contributed by atoms with van der Waals surface area (Å²) in [5.74, 6) is 1.40. The quantitative estimate of drug-likeness (QED) is 0.204. The predicted molar refractivity (Wildman–Crippen MR) is 157 cm³/mol. The molecule has 3 aromatic carbocycles. The highest BCUT2D eigenvalue weighted by Crippen LogP contribution is 2.19. The van der Waals surface area contributed by atoms with Crippen molar-refractivity contribution in [2.24, 2.45) is 14.1 Å². The van der Waals surface area contributed by atoms with Crippen molar-refractivity contribution in [3.05, 3.63) is 133 Å². The van der Waals surface area contributed by atoms with Gasteiger partial charge in [-0.25, -0.2) is 19.8 Å². The number of hydrogen-bond acceptors (Lipinski definition) is 4. The van der Waals surface area contributed by atoms with E-state index in [1.165, 1.54) is 0 Å². The number of benzene rings is 3. The molecule has 0 bridgehead atoms. The molecule has 8 heteroatoms. The Morgan fingerprint density at radius 2 is 0.825 bits per heavy atom. The zero-order valence-electron chi connectivity index (χ0n) is 22.3. The molecule has 2 amide bonds. The van der Waals surface area contributed by atoms with Crippen LogP contribution >= 0.6 is 0 Å². The molecule has 0 radical (unpaired) electrons. The van der Waals surface area contributed by atoms with E-state index in [4.69, 9.17) is 0 Å². The fraction of sp³-hybridized carbons (Fsp3) is 0.0625. The summed E-state index contributed by atoms with van der Waals surface area (Å²) in [4.78, 5) is 25.5. The van der Waals surface area contributed by atoms with Gasteiger partial charge in [0.2, 0.25) is 0 Å². The summed E-state index contributed by atoms with van der Waals surface area (Å²) in [5.41, 5.74) is 4.08. The Labute approximate surface area is 233 Å². The molecule has 40 heavy (non-hydrogen) atoms. The number of nitrogens with one attached hydrogen (secondary N) is 4. The summed E-state index contributed by atoms with van der Waals surface area (Å²) < 4.78 is 3.97. The second-order valence-electron chi connectivity index (χ2n) is 9.28. The first kappa shape index (κ1) is 26.1. The van der Waals surface area contributed by atoms with Crippen LogP contribution in [0.5, 0.6) is 0 Å². The maximum atomic E-state index is 12.8. The van der Waals surface area contributed by atoms with Gasteiger partial charge in [0.25, 0.3) is 23.5 Å². The van der Waals surface area contributed by atoms with E-state index in [1.54, 1.807) is 24.3 Å². The van der Waals surface area contributed by atoms with Gasteiger partial charge in [0.1, 0.15) is 11.4 Å². The minimum absolute atomic E-state index is 0.253. The smallest absolute Gasteiger partial charge is 0.279 e. The highest BCUT2D eigenvalue weighted by Gasteiger charge is 2.12. The summed E-state index contributed by atoms with van der Waals surface area (Å²) in [7, 11) is 3.93. The number of anilines is 6. The van der Waals surface area contributed by atoms with Gasteiger partial charge in [-0.05, 0) is 84.9 Å². The lowest BCUT2D eigenvalue weighted by Crippen LogP contribution is -2.30. The molecule has 4 N–H and O–H groups in total. The van der Waals surface area contributed by atoms with Crippen molar-refractivity contribution in [3.8, 4) is 0 Å². The van der Waals surface area contributed by atoms with Crippen LogP contribution in [0.1, 0.15) is 20.7 Å². The summed E-state index contributed by atoms with van der Waals surface area (Å²) in [6, 6.07) is 33.4. The number of carbonyl (C=O) groups excluding carboxylic acids is 2. The van der Waals surface area contributed by atoms with Gasteiger partial charge in [0, 0.05) is 34.6 Å². The third-order valence-electron chi connectivity index (χ3n) is 6.35. The van der Waals surface area contributed by atoms with Crippen LogP contribution in [0.25, 0.3) is 0 Å². The van der Waals surface area contributed by atoms with Crippen LogP contribution in [0.2, 0.25) is 0 Å². The number of pyridine rings is 2. The average Bonchev–Trinajstić information content (AvgIpc) is 2.97. The lowest BCUT2D eigenvalue weighted by Gasteiger charge is -2.08. The van der Waals surface area contributed by atoms with Gasteiger partial charge in [0.05, 0.1) is 26.5 Å². The second-order valence-corrected chi connectivity index (χ2v) is 9.28. The monoisotopic (exact) mass is 530 g/mol. The van der Waals surface area contributed by atoms with E-state index in [0.29, 0.717) is 22.5 Å². The van der Waals surface area contributed by atoms with Crippen LogP contribution in [0.3, 0.4) is 0 Å². The molecule has 0 spiro atoms. The molecular weight excluding hydrogens is 500 g/mol. The molecule has 0 fully saturated rings. The number of nitrogens with zero attached hydrogens (tertiary/aromatic N) is 2. The molecule has 0 atom stereocenters. The predicted octanol–water partition coefficient (Wildman–Crippen LogP) is 5.33. The molecule has 8 nitrogen and oxygen atoms in total. The van der Waals surface area contributed by atoms with E-state index in [9.17, 15) is 9.59 Å². The van der Waals surface area contributed by atoms with Crippen LogP contribution in [0.4, 0.5) is 34.4 Å². The van der Waals surface area contributed by atoms with Crippen LogP contribution in [0, 0.1) is 0 Å². The van der Waals surface area contributed by atoms with E-state index in [-0.39, 0.29) is 11.8 Å². The van der Waals surface area contributed by atoms with Crippen LogP contribution in [-0.4, -0.2) is 11.8 Å². The number of hydrogen-bond donors (Lipinski definition) is 4. The first-order valence-corrected chi connectivity index (χ1v) is 12.8. The Kier molecular flexibility index (Phi) is 7.78. The van der Waals surface area contributed by atoms with Crippen LogP contribution in [0.15, 0.2) is 122 Å². The standard InChI is InChI=1S/C32H28N6O2/c1-37-21-5-3-7-29(37)33-25-13-17-27(18-14-25)35-31(39)23-9-11-24(12-10-23)32(40)36-28-19-15-26(16-20-28)34-30-8-4-6-22-38(30)2/h3-22H,1-2H3,(H2,35,36,39,40)/p+2. The lowest BCUT2D eigenvalue weighted by molar-refractivity contribution is -0.657. The lowest BCUT2D eigenvalue weighted by atomic mass is 10.1. The average molecular weight is 531 g/mol. The zero-order valence-corrected chi connectivity index (χ0v) is 22.3. The largest absolute Gasteiger partial charge is 0.322 e. The Hall–Kier alpha value is -5.50. The van der Waals surface area contributed by atoms with Crippen LogP contribution < -0.4 is 30.4 Å². The molecule has 0 aliphatic heterocycles. The van der Waals surface area contributed by atoms with Gasteiger partial charge in [-0.3, -0.25) is 9.59 Å². The van der Waals surface area contributed by atoms with E-state index in [1.807, 2.05) is 121 Å². The Morgan fingerprint density at radius 3 is 1.18 bits per heavy atom. The van der Waals surface area contributed by atoms with Crippen molar-refractivity contribution in [2.75, 3.05) is 21.3 Å². The summed E-state index contributed by atoms with van der Waals surface area (Å²) in [5, 5.41) is 12.5. The molecule has 0 aliphatic rings. The van der Waals surface area contributed by atoms with Crippen LogP contribution in [-0.2, 0) is 14.1 Å². The number of amides is 2. The van der Waals surface area contributed by atoms with Crippen molar-refractivity contribution in [3.63, 3.8) is 0 Å². The van der Waals surface area contributed by atoms with Gasteiger partial charge in [-0.1, -0.05) is 12.1 Å². The van der Waals surface area contributed by atoms with Crippen molar-refractivity contribution >= 4 is 46.2 Å². The molecule has 2 aromatic heterocycles. The van der Waals surface area contributed by atoms with Gasteiger partial charge in [0.15, 0.2) is 0 Å². The molecule has 5 rings (SSSR count). The Morgan fingerprint density at radius 1 is 0.475 bits per heavy atom. The second kappa shape index (κ2) is 11.9. The SMILES string of the molecule is C[n+]1ccccc1Nc1ccc(NC(=O)c2ccc(C(=O)Nc3ccc(Nc4cccc[n+]4C)cc3)cc2)cc1. The molecule has 198 valence electrons. The van der Waals surface area contributed by atoms with Gasteiger partial charge >= 0.3 is 0 Å². The molecule has 0 saturated heterocycles. The molecule has 2 heterocycles. The third kappa shape index (κ3) is 6.49. The minimum atomic E-state index is -0.253. The highest BCUT2D eigenvalue weighted by atomic mass is 16.2. The van der Waals surface area contributed by atoms with Crippen molar-refractivity contribution in [2.45, 2.75) is 0 Å². The van der Waals surface area contributed by atoms with E-state index in [0.717, 1.165) is 23.0 Å². The van der Waals surface area contributed by atoms with Crippen molar-refractivity contribution in [1.82, 2.24) is 0 Å². The number of aryl methyl sites for hydroxylation is 2. The van der Waals surface area contributed by atoms with Crippen molar-refractivity contribution in [1.29, 1.82) is 0 Å². The van der Waals surface area contributed by atoms with Gasteiger partial charge in [-0.2, -0.15) is 0 Å². The van der Waals surface area contributed by atoms with E-state index < -0.39 is 0 Å². The summed E-state index contributed by atoms with van der Waals surface area (Å²) in [6.45, 7) is 0.